The first-order valence-electron chi connectivity index (χ1n) is 34.7. The molecule has 0 atom stereocenters. The van der Waals surface area contributed by atoms with Crippen molar-refractivity contribution in [1.82, 2.24) is 0 Å². The Hall–Kier alpha value is -8.20. The fourth-order valence-corrected chi connectivity index (χ4v) is 20.0. The van der Waals surface area contributed by atoms with Gasteiger partial charge in [-0.3, -0.25) is 0 Å². The molecule has 2 heteroatoms. The van der Waals surface area contributed by atoms with Gasteiger partial charge in [0.15, 0.2) is 0 Å². The Balaban J connectivity index is 0.815. The molecule has 89 heavy (non-hydrogen) atoms. The summed E-state index contributed by atoms with van der Waals surface area (Å²) < 4.78 is 0. The van der Waals surface area contributed by atoms with Crippen molar-refractivity contribution in [2.45, 2.75) is 164 Å². The lowest BCUT2D eigenvalue weighted by Gasteiger charge is -2.38. The van der Waals surface area contributed by atoms with Gasteiger partial charge in [0.2, 0.25) is 0 Å². The van der Waals surface area contributed by atoms with E-state index < -0.39 is 0 Å². The van der Waals surface area contributed by atoms with Crippen molar-refractivity contribution < 1.29 is 0 Å². The molecular weight excluding hydrogens is 1070 g/mol. The van der Waals surface area contributed by atoms with Gasteiger partial charge in [-0.15, -0.1) is 0 Å². The van der Waals surface area contributed by atoms with E-state index in [1.807, 2.05) is 0 Å². The number of fused-ring (bicyclic) bond motifs is 18. The quantitative estimate of drug-likeness (QED) is 0.140. The molecule has 4 saturated carbocycles. The molecule has 8 aliphatic carbocycles. The molecule has 0 amide bonds. The molecule has 2 nitrogen and oxygen atoms in total. The van der Waals surface area contributed by atoms with Gasteiger partial charge in [0.05, 0.1) is 0 Å². The second-order valence-electron chi connectivity index (χ2n) is 28.8. The molecule has 0 bridgehead atoms. The van der Waals surface area contributed by atoms with E-state index in [1.54, 1.807) is 27.8 Å². The number of rotatable bonds is 8. The third-order valence-corrected chi connectivity index (χ3v) is 24.2. The average Bonchev–Trinajstić information content (AvgIpc) is 1.99. The van der Waals surface area contributed by atoms with E-state index in [2.05, 4.69) is 229 Å². The Bertz CT molecular complexity index is 4420. The van der Waals surface area contributed by atoms with Crippen molar-refractivity contribution in [3.05, 3.63) is 257 Å². The van der Waals surface area contributed by atoms with Gasteiger partial charge in [-0.25, -0.2) is 0 Å². The third kappa shape index (κ3) is 8.26. The molecule has 8 aliphatic rings. The van der Waals surface area contributed by atoms with Crippen LogP contribution in [0.4, 0.5) is 34.1 Å². The standard InChI is InChI=1S/C87H82N2/c1-84(46-14-2-15-47-84)77-26-10-6-22-68(77)59-32-36-62(37-33-59)88(65-40-43-72-69-23-7-11-27-78(69)85(81(72)56-65)48-16-3-17-49-85)63-38-34-60-30-31-61-35-39-64(55-76(61)75(60)54-63)89(66-41-44-73-70-24-8-12-28-79(70)86(82(73)57-66)50-18-4-19-51-86)67-42-45-74-71-25-9-13-29-80(71)87(83(74)58-67)52-20-5-21-53-87/h7-13,23-45,54-58H,2-6,14-22,46-53H2,1H3. The second-order valence-corrected chi connectivity index (χ2v) is 28.8. The first-order valence-corrected chi connectivity index (χ1v) is 34.7. The van der Waals surface area contributed by atoms with Crippen LogP contribution in [0.5, 0.6) is 0 Å². The molecule has 0 aromatic heterocycles. The van der Waals surface area contributed by atoms with Crippen LogP contribution in [-0.2, 0) is 16.2 Å². The molecule has 0 heterocycles. The summed E-state index contributed by atoms with van der Waals surface area (Å²) in [6.07, 6.45) is 32.6. The molecule has 18 rings (SSSR count). The van der Waals surface area contributed by atoms with E-state index in [9.17, 15) is 0 Å². The Labute approximate surface area is 528 Å². The minimum atomic E-state index is 0.0420. The summed E-state index contributed by atoms with van der Waals surface area (Å²) in [6, 6.07) is 80.1. The lowest BCUT2D eigenvalue weighted by molar-refractivity contribution is 0.273. The zero-order valence-corrected chi connectivity index (χ0v) is 52.2. The van der Waals surface area contributed by atoms with E-state index >= 15 is 0 Å². The van der Waals surface area contributed by atoms with Gasteiger partial charge in [0.1, 0.15) is 0 Å². The first-order chi connectivity index (χ1) is 43.9. The van der Waals surface area contributed by atoms with Crippen molar-refractivity contribution in [2.75, 3.05) is 9.80 Å². The fraction of sp³-hybridized carbons (Fsp3) is 0.310. The summed E-state index contributed by atoms with van der Waals surface area (Å²) in [5.41, 5.74) is 30.0. The zero-order chi connectivity index (χ0) is 58.9. The normalized spacial score (nSPS) is 19.5. The summed E-state index contributed by atoms with van der Waals surface area (Å²) in [6.45, 7) is 2.55. The predicted octanol–water partition coefficient (Wildman–Crippen LogP) is 24.7. The van der Waals surface area contributed by atoms with E-state index in [4.69, 9.17) is 0 Å². The van der Waals surface area contributed by atoms with Gasteiger partial charge >= 0.3 is 0 Å². The summed E-state index contributed by atoms with van der Waals surface area (Å²) in [5, 5.41) is 5.08. The zero-order valence-electron chi connectivity index (χ0n) is 52.2. The highest BCUT2D eigenvalue weighted by Crippen LogP contribution is 2.61. The van der Waals surface area contributed by atoms with E-state index in [0.29, 0.717) is 0 Å². The molecular formula is C87H82N2. The number of anilines is 6. The van der Waals surface area contributed by atoms with Crippen LogP contribution in [0.15, 0.2) is 218 Å². The minimum Gasteiger partial charge on any atom is -0.310 e. The summed E-state index contributed by atoms with van der Waals surface area (Å²) in [4.78, 5) is 5.25. The van der Waals surface area contributed by atoms with Crippen LogP contribution in [0.25, 0.3) is 60.5 Å². The smallest absolute Gasteiger partial charge is 0.0468 e. The Morgan fingerprint density at radius 1 is 0.303 bits per heavy atom. The molecule has 440 valence electrons. The predicted molar refractivity (Wildman–Crippen MR) is 375 cm³/mol. The molecule has 10 aromatic carbocycles. The Morgan fingerprint density at radius 3 is 1.07 bits per heavy atom. The van der Waals surface area contributed by atoms with Gasteiger partial charge in [-0.1, -0.05) is 224 Å². The number of benzene rings is 10. The highest BCUT2D eigenvalue weighted by Gasteiger charge is 2.47. The van der Waals surface area contributed by atoms with E-state index in [0.717, 1.165) is 12.8 Å². The van der Waals surface area contributed by atoms with Gasteiger partial charge in [0.25, 0.3) is 0 Å². The summed E-state index contributed by atoms with van der Waals surface area (Å²) in [5.74, 6) is 0. The number of allylic oxidation sites excluding steroid dienone is 4. The summed E-state index contributed by atoms with van der Waals surface area (Å²) >= 11 is 0. The first kappa shape index (κ1) is 53.8. The fourth-order valence-electron chi connectivity index (χ4n) is 20.0. The van der Waals surface area contributed by atoms with Crippen molar-refractivity contribution >= 4 is 61.2 Å². The third-order valence-electron chi connectivity index (χ3n) is 24.2. The van der Waals surface area contributed by atoms with Gasteiger partial charge < -0.3 is 9.80 Å². The Morgan fingerprint density at radius 2 is 0.640 bits per heavy atom. The Kier molecular flexibility index (Phi) is 12.7. The molecule has 4 fully saturated rings. The SMILES string of the molecule is CC1(C2=C(c3ccc(N(c4ccc5c(c4)C4(CCCCC4)c4ccccc4-5)c4ccc5ccc6ccc(N(c7ccc8c(c7)C7(CCCCC7)c7ccccc7-8)c7ccc8c(c7)C7(CCCCC7)c7ccccc7-8)cc6c5c4)cc3)CCC=C2)CCCCC1. The van der Waals surface area contributed by atoms with Crippen LogP contribution in [0.3, 0.4) is 0 Å². The van der Waals surface area contributed by atoms with Crippen molar-refractivity contribution in [3.8, 4) is 33.4 Å². The largest absolute Gasteiger partial charge is 0.310 e. The van der Waals surface area contributed by atoms with Gasteiger partial charge in [-0.05, 0) is 247 Å². The highest BCUT2D eigenvalue weighted by molar-refractivity contribution is 6.10. The molecule has 0 aliphatic heterocycles. The van der Waals surface area contributed by atoms with Crippen LogP contribution in [0.2, 0.25) is 0 Å². The molecule has 0 unspecified atom stereocenters. The number of hydrogen-bond acceptors (Lipinski definition) is 2. The summed E-state index contributed by atoms with van der Waals surface area (Å²) in [7, 11) is 0. The lowest BCUT2D eigenvalue weighted by atomic mass is 9.67. The topological polar surface area (TPSA) is 6.48 Å². The number of hydrogen-bond donors (Lipinski definition) is 0. The average molecular weight is 1160 g/mol. The van der Waals surface area contributed by atoms with E-state index in [-0.39, 0.29) is 21.7 Å². The second kappa shape index (κ2) is 20.9. The maximum Gasteiger partial charge on any atom is 0.0468 e. The molecule has 3 spiro atoms. The van der Waals surface area contributed by atoms with Crippen LogP contribution in [0.1, 0.15) is 187 Å². The number of nitrogens with zero attached hydrogens (tertiary/aromatic N) is 2. The maximum absolute atomic E-state index is 2.65. The van der Waals surface area contributed by atoms with Gasteiger partial charge in [-0.2, -0.15) is 0 Å². The highest BCUT2D eigenvalue weighted by atomic mass is 15.1. The van der Waals surface area contributed by atoms with Crippen molar-refractivity contribution in [3.63, 3.8) is 0 Å². The van der Waals surface area contributed by atoms with Crippen LogP contribution in [0, 0.1) is 5.41 Å². The molecule has 10 aromatic rings. The van der Waals surface area contributed by atoms with Crippen molar-refractivity contribution in [2.24, 2.45) is 5.41 Å². The molecule has 0 saturated heterocycles. The minimum absolute atomic E-state index is 0.0420. The van der Waals surface area contributed by atoms with Crippen LogP contribution < -0.4 is 9.80 Å². The van der Waals surface area contributed by atoms with E-state index in [1.165, 1.54) is 240 Å². The van der Waals surface area contributed by atoms with Crippen molar-refractivity contribution in [1.29, 1.82) is 0 Å². The lowest BCUT2D eigenvalue weighted by Crippen LogP contribution is -2.28. The van der Waals surface area contributed by atoms with Crippen LogP contribution >= 0.6 is 0 Å². The molecule has 0 radical (unpaired) electrons. The van der Waals surface area contributed by atoms with Gasteiger partial charge in [0, 0.05) is 50.4 Å². The monoisotopic (exact) mass is 1150 g/mol. The van der Waals surface area contributed by atoms with Crippen LogP contribution in [-0.4, -0.2) is 0 Å². The maximum atomic E-state index is 2.65. The molecule has 0 N–H and O–H groups in total.